The summed E-state index contributed by atoms with van der Waals surface area (Å²) < 4.78 is 5.42. The second kappa shape index (κ2) is 8.87. The average Bonchev–Trinajstić information content (AvgIpc) is 2.68. The molecule has 148 valence electrons. The highest BCUT2D eigenvalue weighted by atomic mass is 16.4. The van der Waals surface area contributed by atoms with Crippen LogP contribution in [0.2, 0.25) is 0 Å². The van der Waals surface area contributed by atoms with Crippen LogP contribution in [0, 0.1) is 12.8 Å². The van der Waals surface area contributed by atoms with Crippen molar-refractivity contribution in [3.8, 4) is 0 Å². The molecule has 6 heteroatoms. The van der Waals surface area contributed by atoms with Crippen molar-refractivity contribution < 1.29 is 14.0 Å². The molecule has 0 spiro atoms. The van der Waals surface area contributed by atoms with Crippen LogP contribution in [-0.4, -0.2) is 29.8 Å². The Morgan fingerprint density at radius 3 is 2.43 bits per heavy atom. The number of benzene rings is 1. The first kappa shape index (κ1) is 19.9. The summed E-state index contributed by atoms with van der Waals surface area (Å²) in [4.78, 5) is 38.1. The second-order valence-corrected chi connectivity index (χ2v) is 7.37. The van der Waals surface area contributed by atoms with Crippen molar-refractivity contribution in [3.05, 3.63) is 69.3 Å². The average molecular weight is 382 g/mol. The van der Waals surface area contributed by atoms with Crippen molar-refractivity contribution >= 4 is 11.8 Å². The first-order valence-corrected chi connectivity index (χ1v) is 9.72. The van der Waals surface area contributed by atoms with E-state index in [-0.39, 0.29) is 23.3 Å². The van der Waals surface area contributed by atoms with Gasteiger partial charge in [0.15, 0.2) is 0 Å². The Labute approximate surface area is 164 Å². The zero-order valence-electron chi connectivity index (χ0n) is 16.1. The number of nitrogens with two attached hydrogens (primary N) is 1. The van der Waals surface area contributed by atoms with Gasteiger partial charge in [0.05, 0.1) is 0 Å². The summed E-state index contributed by atoms with van der Waals surface area (Å²) in [6.45, 7) is 2.61. The molecule has 0 atom stereocenters. The molecular formula is C22H26N2O4. The van der Waals surface area contributed by atoms with Gasteiger partial charge in [0.25, 0.3) is 5.91 Å². The van der Waals surface area contributed by atoms with Gasteiger partial charge in [-0.05, 0) is 49.8 Å². The molecule has 2 aromatic rings. The van der Waals surface area contributed by atoms with E-state index in [1.165, 1.54) is 5.56 Å². The summed E-state index contributed by atoms with van der Waals surface area (Å²) in [6.07, 6.45) is 3.47. The molecule has 1 aliphatic rings. The van der Waals surface area contributed by atoms with E-state index in [1.54, 1.807) is 17.9 Å². The molecule has 1 aromatic carbocycles. The van der Waals surface area contributed by atoms with Crippen LogP contribution in [0.4, 0.5) is 0 Å². The van der Waals surface area contributed by atoms with Gasteiger partial charge in [0.1, 0.15) is 11.3 Å². The quantitative estimate of drug-likeness (QED) is 0.830. The molecule has 1 saturated heterocycles. The molecule has 0 unspecified atom stereocenters. The van der Waals surface area contributed by atoms with E-state index >= 15 is 0 Å². The Balaban J connectivity index is 1.64. The Kier molecular flexibility index (Phi) is 6.29. The maximum absolute atomic E-state index is 12.8. The van der Waals surface area contributed by atoms with Gasteiger partial charge >= 0.3 is 5.63 Å². The second-order valence-electron chi connectivity index (χ2n) is 7.37. The van der Waals surface area contributed by atoms with E-state index in [1.807, 2.05) is 18.2 Å². The van der Waals surface area contributed by atoms with Gasteiger partial charge in [-0.2, -0.15) is 0 Å². The Bertz CT molecular complexity index is 896. The number of carbonyl (C=O) groups is 2. The van der Waals surface area contributed by atoms with E-state index in [0.29, 0.717) is 43.7 Å². The van der Waals surface area contributed by atoms with Crippen LogP contribution >= 0.6 is 0 Å². The van der Waals surface area contributed by atoms with Crippen molar-refractivity contribution in [2.75, 3.05) is 13.1 Å². The number of carbonyl (C=O) groups excluding carboxylic acids is 2. The molecule has 0 bridgehead atoms. The van der Waals surface area contributed by atoms with E-state index in [0.717, 1.165) is 12.8 Å². The minimum atomic E-state index is -0.586. The van der Waals surface area contributed by atoms with E-state index in [4.69, 9.17) is 10.2 Å². The molecule has 2 amide bonds. The SMILES string of the molecule is Cc1cc(CCCc2ccccc2)oc(=O)c1C(=O)N1CCC(C(N)=O)CC1. The molecular weight excluding hydrogens is 356 g/mol. The van der Waals surface area contributed by atoms with Crippen molar-refractivity contribution in [2.45, 2.75) is 39.0 Å². The number of piperidine rings is 1. The summed E-state index contributed by atoms with van der Waals surface area (Å²) >= 11 is 0. The van der Waals surface area contributed by atoms with Gasteiger partial charge in [0, 0.05) is 25.4 Å². The van der Waals surface area contributed by atoms with Crippen molar-refractivity contribution in [3.63, 3.8) is 0 Å². The summed E-state index contributed by atoms with van der Waals surface area (Å²) in [5.41, 5.74) is 6.71. The minimum absolute atomic E-state index is 0.0873. The number of rotatable bonds is 6. The third-order valence-electron chi connectivity index (χ3n) is 5.33. The first-order valence-electron chi connectivity index (χ1n) is 9.72. The fraction of sp³-hybridized carbons (Fsp3) is 0.409. The normalized spacial score (nSPS) is 14.8. The molecule has 3 rings (SSSR count). The van der Waals surface area contributed by atoms with Gasteiger partial charge in [-0.1, -0.05) is 30.3 Å². The molecule has 2 heterocycles. The van der Waals surface area contributed by atoms with Crippen LogP contribution in [0.1, 0.15) is 46.5 Å². The molecule has 0 aliphatic carbocycles. The molecule has 1 aliphatic heterocycles. The van der Waals surface area contributed by atoms with Crippen LogP contribution in [0.5, 0.6) is 0 Å². The first-order chi connectivity index (χ1) is 13.5. The zero-order valence-corrected chi connectivity index (χ0v) is 16.1. The van der Waals surface area contributed by atoms with Crippen LogP contribution in [0.3, 0.4) is 0 Å². The molecule has 6 nitrogen and oxygen atoms in total. The van der Waals surface area contributed by atoms with E-state index < -0.39 is 5.63 Å². The van der Waals surface area contributed by atoms with Crippen molar-refractivity contribution in [1.29, 1.82) is 0 Å². The lowest BCUT2D eigenvalue weighted by Crippen LogP contribution is -2.43. The maximum atomic E-state index is 12.8. The van der Waals surface area contributed by atoms with Crippen LogP contribution in [0.15, 0.2) is 45.6 Å². The van der Waals surface area contributed by atoms with Crippen LogP contribution in [-0.2, 0) is 17.6 Å². The van der Waals surface area contributed by atoms with E-state index in [2.05, 4.69) is 12.1 Å². The Morgan fingerprint density at radius 2 is 1.82 bits per heavy atom. The third-order valence-corrected chi connectivity index (χ3v) is 5.33. The summed E-state index contributed by atoms with van der Waals surface area (Å²) in [7, 11) is 0. The number of nitrogens with zero attached hydrogens (tertiary/aromatic N) is 1. The predicted octanol–water partition coefficient (Wildman–Crippen LogP) is 2.46. The molecule has 28 heavy (non-hydrogen) atoms. The van der Waals surface area contributed by atoms with Crippen LogP contribution < -0.4 is 11.4 Å². The van der Waals surface area contributed by atoms with Gasteiger partial charge in [-0.15, -0.1) is 0 Å². The van der Waals surface area contributed by atoms with Crippen molar-refractivity contribution in [2.24, 2.45) is 11.7 Å². The third kappa shape index (κ3) is 4.68. The molecule has 0 saturated carbocycles. The number of aryl methyl sites for hydroxylation is 3. The lowest BCUT2D eigenvalue weighted by atomic mass is 9.95. The zero-order chi connectivity index (χ0) is 20.1. The fourth-order valence-electron chi connectivity index (χ4n) is 3.69. The highest BCUT2D eigenvalue weighted by molar-refractivity contribution is 5.95. The van der Waals surface area contributed by atoms with Crippen molar-refractivity contribution in [1.82, 2.24) is 4.90 Å². The predicted molar refractivity (Wildman–Crippen MR) is 106 cm³/mol. The standard InChI is InChI=1S/C22H26N2O4/c1-15-14-18(9-5-8-16-6-3-2-4-7-16)28-22(27)19(15)21(26)24-12-10-17(11-13-24)20(23)25/h2-4,6-7,14,17H,5,8-13H2,1H3,(H2,23,25). The molecule has 2 N–H and O–H groups in total. The highest BCUT2D eigenvalue weighted by Crippen LogP contribution is 2.19. The smallest absolute Gasteiger partial charge is 0.349 e. The number of hydrogen-bond acceptors (Lipinski definition) is 4. The lowest BCUT2D eigenvalue weighted by Gasteiger charge is -2.30. The van der Waals surface area contributed by atoms with Crippen LogP contribution in [0.25, 0.3) is 0 Å². The van der Waals surface area contributed by atoms with Gasteiger partial charge in [0.2, 0.25) is 5.91 Å². The van der Waals surface area contributed by atoms with Gasteiger partial charge in [-0.25, -0.2) is 4.79 Å². The van der Waals surface area contributed by atoms with Gasteiger partial charge in [-0.3, -0.25) is 9.59 Å². The molecule has 1 aromatic heterocycles. The van der Waals surface area contributed by atoms with E-state index in [9.17, 15) is 14.4 Å². The topological polar surface area (TPSA) is 93.6 Å². The highest BCUT2D eigenvalue weighted by Gasteiger charge is 2.29. The van der Waals surface area contributed by atoms with Gasteiger partial charge < -0.3 is 15.1 Å². The molecule has 1 fully saturated rings. The number of amides is 2. The minimum Gasteiger partial charge on any atom is -0.427 e. The number of likely N-dealkylation sites (tertiary alicyclic amines) is 1. The monoisotopic (exact) mass is 382 g/mol. The maximum Gasteiger partial charge on any atom is 0.349 e. The summed E-state index contributed by atoms with van der Waals surface area (Å²) in [5, 5.41) is 0. The lowest BCUT2D eigenvalue weighted by molar-refractivity contribution is -0.123. The fourth-order valence-corrected chi connectivity index (χ4v) is 3.69. The number of hydrogen-bond donors (Lipinski definition) is 1. The number of primary amides is 1. The Hall–Kier alpha value is -2.89. The molecule has 0 radical (unpaired) electrons. The summed E-state index contributed by atoms with van der Waals surface area (Å²) in [6, 6.07) is 11.9. The largest absolute Gasteiger partial charge is 0.427 e. The summed E-state index contributed by atoms with van der Waals surface area (Å²) in [5.74, 6) is -0.261. The Morgan fingerprint density at radius 1 is 1.14 bits per heavy atom.